The van der Waals surface area contributed by atoms with Crippen LogP contribution in [0.25, 0.3) is 0 Å². The molecule has 1 aliphatic heterocycles. The van der Waals surface area contributed by atoms with Crippen LogP contribution < -0.4 is 0 Å². The summed E-state index contributed by atoms with van der Waals surface area (Å²) in [6.45, 7) is 2.52. The number of carbonyl (C=O) groups is 1. The van der Waals surface area contributed by atoms with E-state index in [1.165, 1.54) is 0 Å². The van der Waals surface area contributed by atoms with Gasteiger partial charge in [0.05, 0.1) is 6.61 Å². The highest BCUT2D eigenvalue weighted by atomic mass is 16.5. The Labute approximate surface area is 82.3 Å². The molecule has 0 saturated carbocycles. The Balaban J connectivity index is 2.46. The molecule has 0 spiro atoms. The maximum atomic E-state index is 10.9. The summed E-state index contributed by atoms with van der Waals surface area (Å²) in [7, 11) is 0. The van der Waals surface area contributed by atoms with E-state index in [2.05, 4.69) is 0 Å². The average molecular weight is 192 g/mol. The van der Waals surface area contributed by atoms with Gasteiger partial charge >= 0.3 is 5.97 Å². The van der Waals surface area contributed by atoms with E-state index in [1.54, 1.807) is 0 Å². The van der Waals surface area contributed by atoms with Crippen molar-refractivity contribution in [2.75, 3.05) is 6.61 Å². The van der Waals surface area contributed by atoms with Gasteiger partial charge in [-0.2, -0.15) is 0 Å². The van der Waals surface area contributed by atoms with Crippen molar-refractivity contribution in [2.24, 2.45) is 0 Å². The zero-order valence-corrected chi connectivity index (χ0v) is 7.93. The lowest BCUT2D eigenvalue weighted by Gasteiger charge is -2.27. The number of benzene rings is 1. The third-order valence-electron chi connectivity index (χ3n) is 2.55. The van der Waals surface area contributed by atoms with Crippen LogP contribution in [0.3, 0.4) is 0 Å². The van der Waals surface area contributed by atoms with E-state index < -0.39 is 12.1 Å². The first-order valence-corrected chi connectivity index (χ1v) is 4.63. The second-order valence-electron chi connectivity index (χ2n) is 3.58. The van der Waals surface area contributed by atoms with Gasteiger partial charge in [-0.3, -0.25) is 0 Å². The first-order valence-electron chi connectivity index (χ1n) is 4.63. The van der Waals surface area contributed by atoms with Crippen LogP contribution in [0.4, 0.5) is 0 Å². The molecule has 0 radical (unpaired) electrons. The molecule has 2 unspecified atom stereocenters. The molecule has 0 aromatic heterocycles. The van der Waals surface area contributed by atoms with Crippen molar-refractivity contribution in [3.05, 3.63) is 35.4 Å². The molecule has 3 heteroatoms. The lowest BCUT2D eigenvalue weighted by molar-refractivity contribution is -0.152. The summed E-state index contributed by atoms with van der Waals surface area (Å²) in [5, 5.41) is 8.95. The number of hydrogen-bond acceptors (Lipinski definition) is 2. The molecule has 14 heavy (non-hydrogen) atoms. The lowest BCUT2D eigenvalue weighted by atomic mass is 9.91. The first kappa shape index (κ1) is 9.21. The fraction of sp³-hybridized carbons (Fsp3) is 0.364. The Hall–Kier alpha value is -1.35. The SMILES string of the molecule is CC1COC(C(=O)O)c2ccccc21. The topological polar surface area (TPSA) is 46.5 Å². The summed E-state index contributed by atoms with van der Waals surface area (Å²) in [5.74, 6) is -0.633. The fourth-order valence-electron chi connectivity index (χ4n) is 1.82. The molecule has 1 aliphatic rings. The molecular weight excluding hydrogens is 180 g/mol. The van der Waals surface area contributed by atoms with Gasteiger partial charge in [0, 0.05) is 5.92 Å². The van der Waals surface area contributed by atoms with E-state index in [0.717, 1.165) is 11.1 Å². The molecule has 0 amide bonds. The third-order valence-corrected chi connectivity index (χ3v) is 2.55. The van der Waals surface area contributed by atoms with Crippen LogP contribution in [0, 0.1) is 0 Å². The summed E-state index contributed by atoms with van der Waals surface area (Å²) >= 11 is 0. The highest BCUT2D eigenvalue weighted by Crippen LogP contribution is 2.33. The standard InChI is InChI=1S/C11H12O3/c1-7-6-14-10(11(12)13)9-5-3-2-4-8(7)9/h2-5,7,10H,6H2,1H3,(H,12,13). The average Bonchev–Trinajstić information content (AvgIpc) is 2.18. The van der Waals surface area contributed by atoms with Gasteiger partial charge in [-0.15, -0.1) is 0 Å². The number of carboxylic acid groups (broad SMARTS) is 1. The van der Waals surface area contributed by atoms with E-state index in [-0.39, 0.29) is 5.92 Å². The summed E-state index contributed by atoms with van der Waals surface area (Å²) in [6.07, 6.45) is -0.789. The highest BCUT2D eigenvalue weighted by Gasteiger charge is 2.29. The molecular formula is C11H12O3. The molecule has 2 atom stereocenters. The van der Waals surface area contributed by atoms with Crippen molar-refractivity contribution in [1.82, 2.24) is 0 Å². The fourth-order valence-corrected chi connectivity index (χ4v) is 1.82. The Kier molecular flexibility index (Phi) is 2.25. The molecule has 1 aromatic rings. The number of hydrogen-bond donors (Lipinski definition) is 1. The molecule has 0 aliphatic carbocycles. The predicted molar refractivity (Wildman–Crippen MR) is 51.2 cm³/mol. The Morgan fingerprint density at radius 2 is 2.07 bits per heavy atom. The van der Waals surface area contributed by atoms with Gasteiger partial charge in [0.2, 0.25) is 0 Å². The Morgan fingerprint density at radius 3 is 2.71 bits per heavy atom. The number of rotatable bonds is 1. The van der Waals surface area contributed by atoms with Crippen molar-refractivity contribution in [3.8, 4) is 0 Å². The van der Waals surface area contributed by atoms with Crippen LogP contribution in [0.1, 0.15) is 30.1 Å². The van der Waals surface area contributed by atoms with Gasteiger partial charge in [-0.1, -0.05) is 31.2 Å². The normalized spacial score (nSPS) is 25.5. The number of fused-ring (bicyclic) bond motifs is 1. The first-order chi connectivity index (χ1) is 6.70. The summed E-state index contributed by atoms with van der Waals surface area (Å²) in [5.41, 5.74) is 1.88. The maximum absolute atomic E-state index is 10.9. The van der Waals surface area contributed by atoms with Gasteiger partial charge in [0.1, 0.15) is 0 Å². The minimum Gasteiger partial charge on any atom is -0.479 e. The van der Waals surface area contributed by atoms with Crippen LogP contribution in [0.2, 0.25) is 0 Å². The van der Waals surface area contributed by atoms with Gasteiger partial charge in [0.15, 0.2) is 6.10 Å². The zero-order chi connectivity index (χ0) is 10.1. The van der Waals surface area contributed by atoms with Crippen LogP contribution in [-0.2, 0) is 9.53 Å². The van der Waals surface area contributed by atoms with E-state index in [4.69, 9.17) is 9.84 Å². The number of ether oxygens (including phenoxy) is 1. The van der Waals surface area contributed by atoms with Gasteiger partial charge in [-0.05, 0) is 11.1 Å². The van der Waals surface area contributed by atoms with Crippen molar-refractivity contribution < 1.29 is 14.6 Å². The van der Waals surface area contributed by atoms with Gasteiger partial charge in [-0.25, -0.2) is 4.79 Å². The van der Waals surface area contributed by atoms with Crippen LogP contribution in [0.15, 0.2) is 24.3 Å². The second-order valence-corrected chi connectivity index (χ2v) is 3.58. The second kappa shape index (κ2) is 3.42. The van der Waals surface area contributed by atoms with Gasteiger partial charge < -0.3 is 9.84 Å². The van der Waals surface area contributed by atoms with Crippen molar-refractivity contribution >= 4 is 5.97 Å². The quantitative estimate of drug-likeness (QED) is 0.739. The molecule has 1 heterocycles. The van der Waals surface area contributed by atoms with Crippen molar-refractivity contribution in [3.63, 3.8) is 0 Å². The van der Waals surface area contributed by atoms with Crippen LogP contribution in [0.5, 0.6) is 0 Å². The maximum Gasteiger partial charge on any atom is 0.337 e. The molecule has 3 nitrogen and oxygen atoms in total. The number of aliphatic carboxylic acids is 1. The molecule has 0 fully saturated rings. The minimum atomic E-state index is -0.913. The summed E-state index contributed by atoms with van der Waals surface area (Å²) < 4.78 is 5.28. The van der Waals surface area contributed by atoms with E-state index >= 15 is 0 Å². The summed E-state index contributed by atoms with van der Waals surface area (Å²) in [6, 6.07) is 7.57. The lowest BCUT2D eigenvalue weighted by Crippen LogP contribution is -2.24. The molecule has 0 bridgehead atoms. The number of carboxylic acids is 1. The Morgan fingerprint density at radius 1 is 1.43 bits per heavy atom. The monoisotopic (exact) mass is 192 g/mol. The zero-order valence-electron chi connectivity index (χ0n) is 7.93. The minimum absolute atomic E-state index is 0.279. The molecule has 1 aromatic carbocycles. The third kappa shape index (κ3) is 1.40. The predicted octanol–water partition coefficient (Wildman–Crippen LogP) is 1.95. The molecule has 1 N–H and O–H groups in total. The van der Waals surface area contributed by atoms with Crippen molar-refractivity contribution in [1.29, 1.82) is 0 Å². The van der Waals surface area contributed by atoms with Crippen LogP contribution in [-0.4, -0.2) is 17.7 Å². The molecule has 2 rings (SSSR count). The highest BCUT2D eigenvalue weighted by molar-refractivity contribution is 5.75. The van der Waals surface area contributed by atoms with Crippen molar-refractivity contribution in [2.45, 2.75) is 18.9 Å². The largest absolute Gasteiger partial charge is 0.479 e. The van der Waals surface area contributed by atoms with E-state index in [0.29, 0.717) is 6.61 Å². The molecule has 0 saturated heterocycles. The summed E-state index contributed by atoms with van der Waals surface area (Å²) in [4.78, 5) is 10.9. The Bertz CT molecular complexity index is 359. The van der Waals surface area contributed by atoms with E-state index in [9.17, 15) is 4.79 Å². The molecule has 74 valence electrons. The smallest absolute Gasteiger partial charge is 0.337 e. The van der Waals surface area contributed by atoms with Gasteiger partial charge in [0.25, 0.3) is 0 Å². The van der Waals surface area contributed by atoms with Crippen LogP contribution >= 0.6 is 0 Å². The van der Waals surface area contributed by atoms with E-state index in [1.807, 2.05) is 31.2 Å².